The minimum Gasteiger partial charge on any atom is -0.375 e. The van der Waals surface area contributed by atoms with Gasteiger partial charge in [-0.15, -0.1) is 11.3 Å². The number of carbonyl (C=O) groups is 1. The monoisotopic (exact) mass is 451 g/mol. The Morgan fingerprint density at radius 1 is 1.28 bits per heavy atom. The minimum atomic E-state index is 0.132. The highest BCUT2D eigenvalue weighted by molar-refractivity contribution is 7.15. The molecule has 0 radical (unpaired) electrons. The Labute approximate surface area is 193 Å². The summed E-state index contributed by atoms with van der Waals surface area (Å²) < 4.78 is 0. The van der Waals surface area contributed by atoms with E-state index in [0.29, 0.717) is 22.8 Å². The Balaban J connectivity index is 1.18. The van der Waals surface area contributed by atoms with E-state index in [0.717, 1.165) is 62.8 Å². The predicted octanol–water partition coefficient (Wildman–Crippen LogP) is 4.33. The van der Waals surface area contributed by atoms with Crippen molar-refractivity contribution >= 4 is 33.3 Å². The Morgan fingerprint density at radius 2 is 2.09 bits per heavy atom. The smallest absolute Gasteiger partial charge is 0.270 e. The van der Waals surface area contributed by atoms with Crippen molar-refractivity contribution in [2.45, 2.75) is 51.5 Å². The second-order valence-corrected chi connectivity index (χ2v) is 10.4. The van der Waals surface area contributed by atoms with Crippen LogP contribution in [0.4, 0.5) is 5.13 Å². The zero-order valence-electron chi connectivity index (χ0n) is 18.8. The normalized spacial score (nSPS) is 19.6. The number of aromatic nitrogens is 2. The van der Waals surface area contributed by atoms with Crippen LogP contribution in [0.15, 0.2) is 30.3 Å². The number of nitrogens with one attached hydrogen (secondary N) is 1. The molecule has 2 aliphatic rings. The molecule has 0 unspecified atom stereocenters. The van der Waals surface area contributed by atoms with Gasteiger partial charge in [0.15, 0.2) is 5.13 Å². The van der Waals surface area contributed by atoms with Crippen molar-refractivity contribution in [1.82, 2.24) is 19.8 Å². The highest BCUT2D eigenvalue weighted by atomic mass is 32.1. The largest absolute Gasteiger partial charge is 0.375 e. The number of fused-ring (bicyclic) bond motifs is 2. The number of aryl methyl sites for hydroxylation is 1. The average molecular weight is 452 g/mol. The van der Waals surface area contributed by atoms with Crippen LogP contribution in [0, 0.1) is 5.92 Å². The van der Waals surface area contributed by atoms with Crippen LogP contribution in [0.1, 0.15) is 53.7 Å². The number of hydrogen-bond donors (Lipinski definition) is 2. The highest BCUT2D eigenvalue weighted by Crippen LogP contribution is 2.31. The van der Waals surface area contributed by atoms with Gasteiger partial charge >= 0.3 is 0 Å². The van der Waals surface area contributed by atoms with Gasteiger partial charge < -0.3 is 15.6 Å². The van der Waals surface area contributed by atoms with Gasteiger partial charge in [-0.05, 0) is 63.1 Å². The molecule has 7 heteroatoms. The third-order valence-electron chi connectivity index (χ3n) is 7.11. The number of thiazole rings is 1. The quantitative estimate of drug-likeness (QED) is 0.585. The molecule has 0 saturated carbocycles. The van der Waals surface area contributed by atoms with Crippen LogP contribution in [0.2, 0.25) is 0 Å². The van der Waals surface area contributed by atoms with Crippen molar-refractivity contribution < 1.29 is 4.79 Å². The lowest BCUT2D eigenvalue weighted by molar-refractivity contribution is 0.0638. The number of para-hydroxylation sites is 1. The van der Waals surface area contributed by atoms with Crippen LogP contribution in [-0.4, -0.2) is 57.9 Å². The van der Waals surface area contributed by atoms with Crippen LogP contribution in [0.25, 0.3) is 10.9 Å². The zero-order valence-corrected chi connectivity index (χ0v) is 19.7. The number of H-pyrrole nitrogens is 1. The summed E-state index contributed by atoms with van der Waals surface area (Å²) in [5, 5.41) is 1.81. The number of benzene rings is 1. The van der Waals surface area contributed by atoms with E-state index in [9.17, 15) is 4.79 Å². The van der Waals surface area contributed by atoms with Crippen molar-refractivity contribution in [3.63, 3.8) is 0 Å². The molecule has 0 bridgehead atoms. The molecular weight excluding hydrogens is 418 g/mol. The fourth-order valence-corrected chi connectivity index (χ4v) is 6.36. The molecule has 32 heavy (non-hydrogen) atoms. The van der Waals surface area contributed by atoms with Crippen molar-refractivity contribution in [3.05, 3.63) is 46.6 Å². The third kappa shape index (κ3) is 4.41. The van der Waals surface area contributed by atoms with Crippen LogP contribution in [-0.2, 0) is 12.8 Å². The highest BCUT2D eigenvalue weighted by Gasteiger charge is 2.30. The summed E-state index contributed by atoms with van der Waals surface area (Å²) in [4.78, 5) is 27.0. The molecule has 0 spiro atoms. The summed E-state index contributed by atoms with van der Waals surface area (Å²) in [7, 11) is 0. The maximum absolute atomic E-state index is 13.0. The van der Waals surface area contributed by atoms with E-state index in [1.165, 1.54) is 23.4 Å². The number of nitrogens with two attached hydrogens (primary N) is 1. The standard InChI is InChI=1S/C25H33N5OS/c1-2-11-30(19-7-8-21-23(15-19)32-25(26)28-21)16-17-9-12-29(13-10-17)24(31)22-14-18-5-3-4-6-20(18)27-22/h3-6,14,17,19,27H,2,7-13,15-16H2,1H3,(H2,26,28)/t19-/m0/s1. The fraction of sp³-hybridized carbons (Fsp3) is 0.520. The Kier molecular flexibility index (Phi) is 6.20. The Hall–Kier alpha value is -2.38. The van der Waals surface area contributed by atoms with E-state index in [-0.39, 0.29) is 5.91 Å². The summed E-state index contributed by atoms with van der Waals surface area (Å²) in [5.74, 6) is 0.786. The fourth-order valence-electron chi connectivity index (χ4n) is 5.41. The summed E-state index contributed by atoms with van der Waals surface area (Å²) in [6.07, 6.45) is 6.64. The molecule has 1 saturated heterocycles. The molecule has 1 aliphatic carbocycles. The van der Waals surface area contributed by atoms with Crippen LogP contribution in [0.3, 0.4) is 0 Å². The van der Waals surface area contributed by atoms with Gasteiger partial charge in [-0.25, -0.2) is 4.98 Å². The first kappa shape index (κ1) is 21.5. The van der Waals surface area contributed by atoms with Crippen molar-refractivity contribution in [3.8, 4) is 0 Å². The third-order valence-corrected chi connectivity index (χ3v) is 8.06. The number of nitrogen functional groups attached to an aromatic ring is 1. The van der Waals surface area contributed by atoms with Gasteiger partial charge in [0.25, 0.3) is 5.91 Å². The maximum Gasteiger partial charge on any atom is 0.270 e. The Morgan fingerprint density at radius 3 is 2.88 bits per heavy atom. The molecule has 1 aromatic carbocycles. The van der Waals surface area contributed by atoms with Gasteiger partial charge in [0.2, 0.25) is 0 Å². The topological polar surface area (TPSA) is 78.2 Å². The molecule has 170 valence electrons. The van der Waals surface area contributed by atoms with E-state index in [1.54, 1.807) is 11.3 Å². The number of rotatable bonds is 6. The molecule has 1 atom stereocenters. The van der Waals surface area contributed by atoms with Crippen LogP contribution >= 0.6 is 11.3 Å². The first-order chi connectivity index (χ1) is 15.6. The molecular formula is C25H33N5OS. The van der Waals surface area contributed by atoms with Crippen molar-refractivity contribution in [2.75, 3.05) is 31.9 Å². The SMILES string of the molecule is CCCN(CC1CCN(C(=O)c2cc3ccccc3[nH]2)CC1)[C@H]1CCc2nc(N)sc2C1. The molecule has 3 N–H and O–H groups in total. The van der Waals surface area contributed by atoms with Gasteiger partial charge in [0.05, 0.1) is 5.69 Å². The molecule has 1 fully saturated rings. The summed E-state index contributed by atoms with van der Waals surface area (Å²) in [6.45, 7) is 6.24. The van der Waals surface area contributed by atoms with Gasteiger partial charge in [0.1, 0.15) is 5.69 Å². The number of piperidine rings is 1. The number of amides is 1. The van der Waals surface area contributed by atoms with Gasteiger partial charge in [-0.1, -0.05) is 25.1 Å². The molecule has 3 heterocycles. The van der Waals surface area contributed by atoms with Crippen LogP contribution < -0.4 is 5.73 Å². The van der Waals surface area contributed by atoms with Gasteiger partial charge in [-0.3, -0.25) is 9.69 Å². The number of nitrogens with zero attached hydrogens (tertiary/aromatic N) is 3. The molecule has 1 amide bonds. The van der Waals surface area contributed by atoms with Crippen molar-refractivity contribution in [1.29, 1.82) is 0 Å². The maximum atomic E-state index is 13.0. The van der Waals surface area contributed by atoms with E-state index in [4.69, 9.17) is 5.73 Å². The zero-order chi connectivity index (χ0) is 22.1. The number of likely N-dealkylation sites (tertiary alicyclic amines) is 1. The van der Waals surface area contributed by atoms with Gasteiger partial charge in [0, 0.05) is 41.5 Å². The van der Waals surface area contributed by atoms with Gasteiger partial charge in [-0.2, -0.15) is 0 Å². The summed E-state index contributed by atoms with van der Waals surface area (Å²) >= 11 is 1.67. The lowest BCUT2D eigenvalue weighted by atomic mass is 9.92. The molecule has 1 aliphatic heterocycles. The second-order valence-electron chi connectivity index (χ2n) is 9.32. The number of carbonyl (C=O) groups excluding carboxylic acids is 1. The summed E-state index contributed by atoms with van der Waals surface area (Å²) in [6, 6.07) is 10.7. The van der Waals surface area contributed by atoms with E-state index in [2.05, 4.69) is 21.8 Å². The van der Waals surface area contributed by atoms with E-state index in [1.807, 2.05) is 35.2 Å². The average Bonchev–Trinajstić information content (AvgIpc) is 3.40. The molecule has 5 rings (SSSR count). The molecule has 6 nitrogen and oxygen atoms in total. The first-order valence-corrected chi connectivity index (χ1v) is 12.8. The minimum absolute atomic E-state index is 0.132. The second kappa shape index (κ2) is 9.24. The number of hydrogen-bond acceptors (Lipinski definition) is 5. The predicted molar refractivity (Wildman–Crippen MR) is 131 cm³/mol. The Bertz CT molecular complexity index is 1050. The van der Waals surface area contributed by atoms with E-state index >= 15 is 0 Å². The lowest BCUT2D eigenvalue weighted by Gasteiger charge is -2.39. The van der Waals surface area contributed by atoms with E-state index < -0.39 is 0 Å². The van der Waals surface area contributed by atoms with Crippen LogP contribution in [0.5, 0.6) is 0 Å². The summed E-state index contributed by atoms with van der Waals surface area (Å²) in [5.41, 5.74) is 8.91. The van der Waals surface area contributed by atoms with Crippen molar-refractivity contribution in [2.24, 2.45) is 5.92 Å². The molecule has 2 aromatic heterocycles. The first-order valence-electron chi connectivity index (χ1n) is 12.0. The number of anilines is 1. The number of aromatic amines is 1. The molecule has 3 aromatic rings. The lowest BCUT2D eigenvalue weighted by Crippen LogP contribution is -2.45.